The minimum absolute atomic E-state index is 0.148. The molecule has 0 amide bonds. The third kappa shape index (κ3) is 5.07. The normalized spacial score (nSPS) is 15.1. The van der Waals surface area contributed by atoms with Gasteiger partial charge in [-0.25, -0.2) is 18.5 Å². The number of pyridine rings is 1. The first-order chi connectivity index (χ1) is 13.5. The number of hydrogen-bond donors (Lipinski definition) is 1. The molecule has 1 fully saturated rings. The van der Waals surface area contributed by atoms with E-state index in [1.807, 2.05) is 6.20 Å². The molecule has 2 N–H and O–H groups in total. The predicted octanol–water partition coefficient (Wildman–Crippen LogP) is 2.71. The number of benzene rings is 2. The molecule has 0 bridgehead atoms. The first kappa shape index (κ1) is 20.3. The molecule has 7 heteroatoms. The molecule has 0 unspecified atom stereocenters. The third-order valence-corrected chi connectivity index (χ3v) is 5.77. The van der Waals surface area contributed by atoms with E-state index in [1.54, 1.807) is 18.2 Å². The Morgan fingerprint density at radius 3 is 2.18 bits per heavy atom. The van der Waals surface area contributed by atoms with Gasteiger partial charge in [0.15, 0.2) is 0 Å². The second-order valence-corrected chi connectivity index (χ2v) is 8.20. The second-order valence-electron chi connectivity index (χ2n) is 6.64. The number of nitrogens with two attached hydrogens (primary N) is 1. The fourth-order valence-corrected chi connectivity index (χ4v) is 3.78. The van der Waals surface area contributed by atoms with Crippen molar-refractivity contribution in [2.45, 2.75) is 11.8 Å². The van der Waals surface area contributed by atoms with Gasteiger partial charge in [-0.2, -0.15) is 0 Å². The third-order valence-electron chi connectivity index (χ3n) is 4.84. The quantitative estimate of drug-likeness (QED) is 0.734. The van der Waals surface area contributed by atoms with Crippen LogP contribution in [0.4, 0.5) is 5.82 Å². The van der Waals surface area contributed by atoms with E-state index in [4.69, 9.17) is 5.14 Å². The summed E-state index contributed by atoms with van der Waals surface area (Å²) in [5, 5.41) is 7.38. The van der Waals surface area contributed by atoms with Crippen LogP contribution in [-0.4, -0.2) is 51.0 Å². The average Bonchev–Trinajstić information content (AvgIpc) is 2.74. The Labute approximate surface area is 166 Å². The standard InChI is InChI=1S/C15H19N3.C6H7NO2S/c1-2-17-9-11-18(12-10-17)15-14-6-4-3-5-13(14)7-8-16-15;7-10(8,9)6-4-2-1-3-5-6/h3-8H,2,9-12H2,1H3;1-5H,(H2,7,8,9). The topological polar surface area (TPSA) is 79.5 Å². The molecule has 6 nitrogen and oxygen atoms in total. The van der Waals surface area contributed by atoms with Crippen molar-refractivity contribution >= 4 is 26.6 Å². The fraction of sp³-hybridized carbons (Fsp3) is 0.286. The number of likely N-dealkylation sites (N-methyl/N-ethyl adjacent to an activating group) is 1. The highest BCUT2D eigenvalue weighted by Crippen LogP contribution is 2.24. The summed E-state index contributed by atoms with van der Waals surface area (Å²) in [6, 6.07) is 18.5. The van der Waals surface area contributed by atoms with E-state index >= 15 is 0 Å². The summed E-state index contributed by atoms with van der Waals surface area (Å²) in [4.78, 5) is 9.64. The number of fused-ring (bicyclic) bond motifs is 1. The molecular weight excluding hydrogens is 372 g/mol. The first-order valence-electron chi connectivity index (χ1n) is 9.38. The molecule has 0 aliphatic carbocycles. The maximum absolute atomic E-state index is 10.6. The van der Waals surface area contributed by atoms with Crippen LogP contribution in [-0.2, 0) is 10.0 Å². The number of sulfonamides is 1. The van der Waals surface area contributed by atoms with Crippen LogP contribution in [0.25, 0.3) is 10.8 Å². The molecule has 1 saturated heterocycles. The van der Waals surface area contributed by atoms with Crippen LogP contribution < -0.4 is 10.0 Å². The van der Waals surface area contributed by atoms with Crippen LogP contribution in [0.5, 0.6) is 0 Å². The zero-order valence-electron chi connectivity index (χ0n) is 16.0. The van der Waals surface area contributed by atoms with E-state index in [0.717, 1.165) is 38.5 Å². The number of nitrogens with zero attached hydrogens (tertiary/aromatic N) is 3. The molecule has 2 aromatic carbocycles. The summed E-state index contributed by atoms with van der Waals surface area (Å²) in [5.41, 5.74) is 0. The summed E-state index contributed by atoms with van der Waals surface area (Å²) in [7, 11) is -3.50. The largest absolute Gasteiger partial charge is 0.354 e. The second kappa shape index (κ2) is 9.14. The van der Waals surface area contributed by atoms with Gasteiger partial charge < -0.3 is 9.80 Å². The van der Waals surface area contributed by atoms with Gasteiger partial charge in [-0.3, -0.25) is 0 Å². The van der Waals surface area contributed by atoms with Gasteiger partial charge >= 0.3 is 0 Å². The summed E-state index contributed by atoms with van der Waals surface area (Å²) in [5.74, 6) is 1.14. The monoisotopic (exact) mass is 398 g/mol. The molecule has 28 heavy (non-hydrogen) atoms. The Bertz CT molecular complexity index is 996. The number of rotatable bonds is 3. The lowest BCUT2D eigenvalue weighted by Gasteiger charge is -2.35. The van der Waals surface area contributed by atoms with E-state index in [0.29, 0.717) is 0 Å². The smallest absolute Gasteiger partial charge is 0.238 e. The molecular formula is C21H26N4O2S. The van der Waals surface area contributed by atoms with E-state index in [1.165, 1.54) is 22.9 Å². The van der Waals surface area contributed by atoms with Crippen molar-refractivity contribution in [2.24, 2.45) is 5.14 Å². The molecule has 0 saturated carbocycles. The molecule has 0 spiro atoms. The maximum Gasteiger partial charge on any atom is 0.238 e. The summed E-state index contributed by atoms with van der Waals surface area (Å²) in [6.07, 6.45) is 1.92. The summed E-state index contributed by atoms with van der Waals surface area (Å²) in [6.45, 7) is 7.81. The highest BCUT2D eigenvalue weighted by Gasteiger charge is 2.18. The van der Waals surface area contributed by atoms with Crippen LogP contribution in [0.2, 0.25) is 0 Å². The van der Waals surface area contributed by atoms with E-state index in [9.17, 15) is 8.42 Å². The highest BCUT2D eigenvalue weighted by atomic mass is 32.2. The zero-order valence-corrected chi connectivity index (χ0v) is 16.8. The van der Waals surface area contributed by atoms with Crippen LogP contribution in [0.3, 0.4) is 0 Å². The molecule has 1 aliphatic rings. The Morgan fingerprint density at radius 2 is 1.57 bits per heavy atom. The first-order valence-corrected chi connectivity index (χ1v) is 10.9. The number of anilines is 1. The van der Waals surface area contributed by atoms with Crippen LogP contribution >= 0.6 is 0 Å². The predicted molar refractivity (Wildman–Crippen MR) is 114 cm³/mol. The van der Waals surface area contributed by atoms with Crippen molar-refractivity contribution in [1.82, 2.24) is 9.88 Å². The Morgan fingerprint density at radius 1 is 0.929 bits per heavy atom. The molecule has 0 radical (unpaired) electrons. The lowest BCUT2D eigenvalue weighted by atomic mass is 10.1. The Kier molecular flexibility index (Phi) is 6.61. The molecule has 2 heterocycles. The number of primary sulfonamides is 1. The van der Waals surface area contributed by atoms with Gasteiger partial charge in [-0.05, 0) is 30.1 Å². The van der Waals surface area contributed by atoms with Crippen molar-refractivity contribution < 1.29 is 8.42 Å². The SMILES string of the molecule is CCN1CCN(c2nccc3ccccc23)CC1.NS(=O)(=O)c1ccccc1. The van der Waals surface area contributed by atoms with Gasteiger partial charge in [-0.1, -0.05) is 49.4 Å². The summed E-state index contributed by atoms with van der Waals surface area (Å²) >= 11 is 0. The molecule has 1 aromatic heterocycles. The van der Waals surface area contributed by atoms with Gasteiger partial charge in [0, 0.05) is 37.8 Å². The summed E-state index contributed by atoms with van der Waals surface area (Å²) < 4.78 is 21.2. The van der Waals surface area contributed by atoms with Crippen LogP contribution in [0.15, 0.2) is 71.8 Å². The molecule has 3 aromatic rings. The number of hydrogen-bond acceptors (Lipinski definition) is 5. The minimum Gasteiger partial charge on any atom is -0.354 e. The van der Waals surface area contributed by atoms with Crippen molar-refractivity contribution in [1.29, 1.82) is 0 Å². The van der Waals surface area contributed by atoms with E-state index < -0.39 is 10.0 Å². The van der Waals surface area contributed by atoms with Crippen molar-refractivity contribution in [2.75, 3.05) is 37.6 Å². The van der Waals surface area contributed by atoms with E-state index in [-0.39, 0.29) is 4.90 Å². The molecule has 0 atom stereocenters. The van der Waals surface area contributed by atoms with Crippen molar-refractivity contribution in [3.8, 4) is 0 Å². The minimum atomic E-state index is -3.50. The molecule has 4 rings (SSSR count). The Balaban J connectivity index is 0.000000192. The van der Waals surface area contributed by atoms with Gasteiger partial charge in [0.2, 0.25) is 10.0 Å². The van der Waals surface area contributed by atoms with Crippen molar-refractivity contribution in [3.05, 3.63) is 66.9 Å². The number of aromatic nitrogens is 1. The zero-order chi connectivity index (χ0) is 20.0. The van der Waals surface area contributed by atoms with Crippen LogP contribution in [0, 0.1) is 0 Å². The van der Waals surface area contributed by atoms with Crippen molar-refractivity contribution in [3.63, 3.8) is 0 Å². The average molecular weight is 399 g/mol. The van der Waals surface area contributed by atoms with Crippen LogP contribution in [0.1, 0.15) is 6.92 Å². The van der Waals surface area contributed by atoms with Gasteiger partial charge in [-0.15, -0.1) is 0 Å². The maximum atomic E-state index is 10.6. The molecule has 1 aliphatic heterocycles. The lowest BCUT2D eigenvalue weighted by molar-refractivity contribution is 0.271. The fourth-order valence-electron chi connectivity index (χ4n) is 3.24. The van der Waals surface area contributed by atoms with Gasteiger partial charge in [0.25, 0.3) is 0 Å². The molecule has 148 valence electrons. The number of piperazine rings is 1. The highest BCUT2D eigenvalue weighted by molar-refractivity contribution is 7.89. The van der Waals surface area contributed by atoms with Gasteiger partial charge in [0.05, 0.1) is 4.90 Å². The lowest BCUT2D eigenvalue weighted by Crippen LogP contribution is -2.46. The van der Waals surface area contributed by atoms with E-state index in [2.05, 4.69) is 52.0 Å². The Hall–Kier alpha value is -2.48. The van der Waals surface area contributed by atoms with Gasteiger partial charge in [0.1, 0.15) is 5.82 Å².